The number of hydrogen-bond acceptors (Lipinski definition) is 8. The maximum atomic E-state index is 13.1. The normalized spacial score (nSPS) is 17.5. The van der Waals surface area contributed by atoms with Gasteiger partial charge in [-0.1, -0.05) is 29.5 Å². The molecule has 0 aliphatic carbocycles. The molecule has 0 spiro atoms. The van der Waals surface area contributed by atoms with Gasteiger partial charge in [-0.25, -0.2) is 9.97 Å². The molecule has 1 saturated heterocycles. The van der Waals surface area contributed by atoms with E-state index in [9.17, 15) is 13.2 Å². The van der Waals surface area contributed by atoms with Crippen LogP contribution in [0.25, 0.3) is 10.9 Å². The largest absolute Gasteiger partial charge is 0.451 e. The van der Waals surface area contributed by atoms with Gasteiger partial charge in [0.1, 0.15) is 5.03 Å². The summed E-state index contributed by atoms with van der Waals surface area (Å²) in [7, 11) is 0. The van der Waals surface area contributed by atoms with E-state index >= 15 is 0 Å². The lowest BCUT2D eigenvalue weighted by Crippen LogP contribution is -2.18. The van der Waals surface area contributed by atoms with Crippen molar-refractivity contribution in [2.45, 2.75) is 34.5 Å². The molecule has 27 heavy (non-hydrogen) atoms. The van der Waals surface area contributed by atoms with Crippen molar-refractivity contribution >= 4 is 39.1 Å². The molecule has 3 aromatic rings. The van der Waals surface area contributed by atoms with E-state index in [0.717, 1.165) is 31.2 Å². The summed E-state index contributed by atoms with van der Waals surface area (Å²) in [6.07, 6.45) is -2.41. The number of halogens is 3. The van der Waals surface area contributed by atoms with E-state index < -0.39 is 12.0 Å². The van der Waals surface area contributed by atoms with Crippen LogP contribution in [0.5, 0.6) is 0 Å². The number of anilines is 1. The highest BCUT2D eigenvalue weighted by molar-refractivity contribution is 8.01. The van der Waals surface area contributed by atoms with Gasteiger partial charge in [0.05, 0.1) is 11.6 Å². The van der Waals surface area contributed by atoms with Crippen LogP contribution >= 0.6 is 23.1 Å². The summed E-state index contributed by atoms with van der Waals surface area (Å²) in [5, 5.41) is 12.6. The summed E-state index contributed by atoms with van der Waals surface area (Å²) in [6.45, 7) is 1.40. The fourth-order valence-electron chi connectivity index (χ4n) is 2.66. The smallest absolute Gasteiger partial charge is 0.376 e. The second-order valence-electron chi connectivity index (χ2n) is 5.86. The SMILES string of the molecule is FC(F)(F)c1nc(Sc2nnc(NC[C@H]3CCCO3)s2)c2ccccc2n1. The van der Waals surface area contributed by atoms with Gasteiger partial charge in [0.15, 0.2) is 4.34 Å². The molecule has 1 atom stereocenters. The molecule has 4 rings (SSSR count). The van der Waals surface area contributed by atoms with E-state index in [4.69, 9.17) is 4.74 Å². The minimum atomic E-state index is -4.62. The first-order valence-corrected chi connectivity index (χ1v) is 9.83. The first kappa shape index (κ1) is 18.4. The maximum absolute atomic E-state index is 13.1. The average Bonchev–Trinajstić information content (AvgIpc) is 3.31. The van der Waals surface area contributed by atoms with Crippen molar-refractivity contribution in [1.82, 2.24) is 20.2 Å². The zero-order valence-corrected chi connectivity index (χ0v) is 15.5. The van der Waals surface area contributed by atoms with Crippen molar-refractivity contribution < 1.29 is 17.9 Å². The van der Waals surface area contributed by atoms with Gasteiger partial charge >= 0.3 is 6.18 Å². The number of hydrogen-bond donors (Lipinski definition) is 1. The van der Waals surface area contributed by atoms with Gasteiger partial charge in [-0.3, -0.25) is 0 Å². The molecule has 3 heterocycles. The van der Waals surface area contributed by atoms with Gasteiger partial charge < -0.3 is 10.1 Å². The van der Waals surface area contributed by atoms with Gasteiger partial charge in [0, 0.05) is 18.5 Å². The van der Waals surface area contributed by atoms with Crippen LogP contribution in [0.3, 0.4) is 0 Å². The van der Waals surface area contributed by atoms with E-state index in [1.54, 1.807) is 18.2 Å². The molecule has 0 bridgehead atoms. The van der Waals surface area contributed by atoms with E-state index in [1.807, 2.05) is 0 Å². The lowest BCUT2D eigenvalue weighted by atomic mass is 10.2. The quantitative estimate of drug-likeness (QED) is 0.627. The van der Waals surface area contributed by atoms with Crippen LogP contribution in [0, 0.1) is 0 Å². The van der Waals surface area contributed by atoms with Crippen LogP contribution in [0.2, 0.25) is 0 Å². The Morgan fingerprint density at radius 3 is 2.85 bits per heavy atom. The summed E-state index contributed by atoms with van der Waals surface area (Å²) in [5.74, 6) is -1.16. The molecule has 1 aliphatic heterocycles. The van der Waals surface area contributed by atoms with Crippen LogP contribution in [0.1, 0.15) is 18.7 Å². The van der Waals surface area contributed by atoms with Gasteiger partial charge in [0.25, 0.3) is 0 Å². The Labute approximate surface area is 160 Å². The number of aromatic nitrogens is 4. The molecule has 11 heteroatoms. The van der Waals surface area contributed by atoms with E-state index in [-0.39, 0.29) is 16.6 Å². The minimum absolute atomic E-state index is 0.158. The van der Waals surface area contributed by atoms with Crippen LogP contribution in [-0.4, -0.2) is 39.4 Å². The number of nitrogens with zero attached hydrogens (tertiary/aromatic N) is 4. The molecule has 6 nitrogen and oxygen atoms in total. The molecular formula is C16H14F3N5OS2. The third-order valence-corrected chi connectivity index (χ3v) is 5.85. The first-order valence-electron chi connectivity index (χ1n) is 8.20. The first-order chi connectivity index (χ1) is 13.0. The van der Waals surface area contributed by atoms with Gasteiger partial charge in [0.2, 0.25) is 11.0 Å². The van der Waals surface area contributed by atoms with Crippen LogP contribution < -0.4 is 5.32 Å². The minimum Gasteiger partial charge on any atom is -0.376 e. The Morgan fingerprint density at radius 2 is 2.07 bits per heavy atom. The van der Waals surface area contributed by atoms with Gasteiger partial charge in [-0.15, -0.1) is 10.2 Å². The summed E-state index contributed by atoms with van der Waals surface area (Å²) in [4.78, 5) is 7.33. The van der Waals surface area contributed by atoms with Crippen molar-refractivity contribution in [3.05, 3.63) is 30.1 Å². The maximum Gasteiger partial charge on any atom is 0.451 e. The molecule has 1 aliphatic rings. The monoisotopic (exact) mass is 413 g/mol. The van der Waals surface area contributed by atoms with Crippen LogP contribution in [0.15, 0.2) is 33.6 Å². The highest BCUT2D eigenvalue weighted by Crippen LogP contribution is 2.37. The van der Waals surface area contributed by atoms with Crippen molar-refractivity contribution in [2.24, 2.45) is 0 Å². The van der Waals surface area contributed by atoms with Gasteiger partial charge in [-0.05, 0) is 30.7 Å². The number of fused-ring (bicyclic) bond motifs is 1. The Bertz CT molecular complexity index is 943. The zero-order chi connectivity index (χ0) is 18.9. The standard InChI is InChI=1S/C16H14F3N5OS2/c17-16(18,19)13-21-11-6-2-1-5-10(11)12(22-13)26-15-24-23-14(27-15)20-8-9-4-3-7-25-9/h1-2,5-6,9H,3-4,7-8H2,(H,20,23)/t9-/m1/s1. The van der Waals surface area contributed by atoms with Crippen molar-refractivity contribution in [3.8, 4) is 0 Å². The molecule has 1 N–H and O–H groups in total. The Kier molecular flexibility index (Phi) is 5.15. The van der Waals surface area contributed by atoms with Crippen molar-refractivity contribution in [1.29, 1.82) is 0 Å². The summed E-state index contributed by atoms with van der Waals surface area (Å²) in [5.41, 5.74) is 0.239. The second-order valence-corrected chi connectivity index (χ2v) is 8.07. The second kappa shape index (κ2) is 7.56. The number of ether oxygens (including phenoxy) is 1. The number of alkyl halides is 3. The topological polar surface area (TPSA) is 72.8 Å². The summed E-state index contributed by atoms with van der Waals surface area (Å²) < 4.78 is 45.4. The number of nitrogens with one attached hydrogen (secondary N) is 1. The molecule has 0 saturated carbocycles. The Balaban J connectivity index is 1.56. The third-order valence-electron chi connectivity index (χ3n) is 3.92. The van der Waals surface area contributed by atoms with E-state index in [2.05, 4.69) is 25.5 Å². The molecule has 0 unspecified atom stereocenters. The predicted octanol–water partition coefficient (Wildman–Crippen LogP) is 4.24. The zero-order valence-electron chi connectivity index (χ0n) is 13.9. The Hall–Kier alpha value is -1.98. The number of para-hydroxylation sites is 1. The molecule has 1 aromatic carbocycles. The van der Waals surface area contributed by atoms with Crippen molar-refractivity contribution in [2.75, 3.05) is 18.5 Å². The summed E-state index contributed by atoms with van der Waals surface area (Å²) >= 11 is 2.31. The molecule has 0 amide bonds. The van der Waals surface area contributed by atoms with Crippen molar-refractivity contribution in [3.63, 3.8) is 0 Å². The lowest BCUT2D eigenvalue weighted by Gasteiger charge is -2.09. The van der Waals surface area contributed by atoms with E-state index in [0.29, 0.717) is 21.4 Å². The number of benzene rings is 1. The third kappa shape index (κ3) is 4.30. The van der Waals surface area contributed by atoms with Crippen LogP contribution in [-0.2, 0) is 10.9 Å². The highest BCUT2D eigenvalue weighted by Gasteiger charge is 2.35. The molecule has 2 aromatic heterocycles. The predicted molar refractivity (Wildman–Crippen MR) is 96.0 cm³/mol. The molecule has 0 radical (unpaired) electrons. The highest BCUT2D eigenvalue weighted by atomic mass is 32.2. The molecule has 1 fully saturated rings. The number of rotatable bonds is 5. The fraction of sp³-hybridized carbons (Fsp3) is 0.375. The van der Waals surface area contributed by atoms with Crippen LogP contribution in [0.4, 0.5) is 18.3 Å². The molecular weight excluding hydrogens is 399 g/mol. The van der Waals surface area contributed by atoms with Gasteiger partial charge in [-0.2, -0.15) is 13.2 Å². The average molecular weight is 413 g/mol. The lowest BCUT2D eigenvalue weighted by molar-refractivity contribution is -0.145. The fourth-order valence-corrected chi connectivity index (χ4v) is 4.45. The Morgan fingerprint density at radius 1 is 1.22 bits per heavy atom. The molecule has 142 valence electrons. The summed E-state index contributed by atoms with van der Waals surface area (Å²) in [6, 6.07) is 6.60. The van der Waals surface area contributed by atoms with E-state index in [1.165, 1.54) is 17.4 Å².